The summed E-state index contributed by atoms with van der Waals surface area (Å²) in [5, 5.41) is 10.0. The summed E-state index contributed by atoms with van der Waals surface area (Å²) in [6, 6.07) is 7.47. The first-order chi connectivity index (χ1) is 9.22. The van der Waals surface area contributed by atoms with Gasteiger partial charge >= 0.3 is 0 Å². The van der Waals surface area contributed by atoms with Crippen LogP contribution in [0.25, 0.3) is 0 Å². The van der Waals surface area contributed by atoms with Crippen LogP contribution < -0.4 is 15.7 Å². The second-order valence-electron chi connectivity index (χ2n) is 3.54. The predicted octanol–water partition coefficient (Wildman–Crippen LogP) is 1.99. The van der Waals surface area contributed by atoms with Crippen LogP contribution in [0, 0.1) is 0 Å². The number of H-pyrrole nitrogens is 1. The van der Waals surface area contributed by atoms with E-state index in [1.165, 1.54) is 6.20 Å². The van der Waals surface area contributed by atoms with E-state index in [1.54, 1.807) is 13.3 Å². The molecule has 98 valence electrons. The molecule has 0 aliphatic carbocycles. The van der Waals surface area contributed by atoms with E-state index in [9.17, 15) is 4.79 Å². The molecule has 7 heteroatoms. The summed E-state index contributed by atoms with van der Waals surface area (Å²) in [5.74, 6) is 0.719. The minimum atomic E-state index is -0.322. The Labute approximate surface area is 117 Å². The molecule has 0 amide bonds. The molecule has 6 nitrogen and oxygen atoms in total. The summed E-state index contributed by atoms with van der Waals surface area (Å²) in [7, 11) is 1.59. The van der Waals surface area contributed by atoms with Crippen LogP contribution in [-0.2, 0) is 0 Å². The molecule has 1 aromatic heterocycles. The lowest BCUT2D eigenvalue weighted by Crippen LogP contribution is -2.10. The Bertz CT molecular complexity index is 654. The van der Waals surface area contributed by atoms with Crippen LogP contribution in [0.15, 0.2) is 44.8 Å². The van der Waals surface area contributed by atoms with Crippen molar-refractivity contribution in [3.05, 3.63) is 50.9 Å². The number of ether oxygens (including phenoxy) is 1. The van der Waals surface area contributed by atoms with Crippen LogP contribution >= 0.6 is 15.9 Å². The van der Waals surface area contributed by atoms with Gasteiger partial charge in [0.05, 0.1) is 25.2 Å². The second-order valence-corrected chi connectivity index (χ2v) is 4.33. The highest BCUT2D eigenvalue weighted by Crippen LogP contribution is 2.17. The molecule has 0 aliphatic heterocycles. The van der Waals surface area contributed by atoms with E-state index in [4.69, 9.17) is 4.74 Å². The quantitative estimate of drug-likeness (QED) is 0.666. The Kier molecular flexibility index (Phi) is 4.30. The first kappa shape index (κ1) is 13.3. The van der Waals surface area contributed by atoms with Crippen molar-refractivity contribution in [2.45, 2.75) is 0 Å². The topological polar surface area (TPSA) is 79.4 Å². The van der Waals surface area contributed by atoms with Crippen LogP contribution in [0.5, 0.6) is 5.75 Å². The number of rotatable bonds is 4. The highest BCUT2D eigenvalue weighted by Gasteiger charge is 2.02. The normalized spacial score (nSPS) is 10.6. The van der Waals surface area contributed by atoms with Gasteiger partial charge in [-0.2, -0.15) is 10.2 Å². The molecule has 0 saturated heterocycles. The molecule has 0 saturated carbocycles. The highest BCUT2D eigenvalue weighted by atomic mass is 79.9. The lowest BCUT2D eigenvalue weighted by atomic mass is 10.2. The molecule has 1 aromatic carbocycles. The van der Waals surface area contributed by atoms with Crippen LogP contribution in [0.4, 0.5) is 5.69 Å². The molecule has 19 heavy (non-hydrogen) atoms. The first-order valence-electron chi connectivity index (χ1n) is 5.37. The summed E-state index contributed by atoms with van der Waals surface area (Å²) >= 11 is 3.15. The highest BCUT2D eigenvalue weighted by molar-refractivity contribution is 9.10. The molecule has 0 spiro atoms. The maximum Gasteiger partial charge on any atom is 0.280 e. The van der Waals surface area contributed by atoms with Crippen molar-refractivity contribution in [2.75, 3.05) is 12.5 Å². The summed E-state index contributed by atoms with van der Waals surface area (Å²) in [6.07, 6.45) is 3.07. The van der Waals surface area contributed by atoms with Crippen LogP contribution in [0.3, 0.4) is 0 Å². The number of anilines is 1. The fourth-order valence-electron chi connectivity index (χ4n) is 1.41. The summed E-state index contributed by atoms with van der Waals surface area (Å²) < 4.78 is 5.54. The van der Waals surface area contributed by atoms with Gasteiger partial charge in [-0.25, -0.2) is 5.10 Å². The Morgan fingerprint density at radius 2 is 2.26 bits per heavy atom. The van der Waals surface area contributed by atoms with Gasteiger partial charge in [0.2, 0.25) is 0 Å². The predicted molar refractivity (Wildman–Crippen MR) is 76.8 cm³/mol. The average Bonchev–Trinajstić information content (AvgIpc) is 2.44. The van der Waals surface area contributed by atoms with Gasteiger partial charge < -0.3 is 4.74 Å². The minimum Gasteiger partial charge on any atom is -0.496 e. The van der Waals surface area contributed by atoms with Gasteiger partial charge in [0.1, 0.15) is 10.2 Å². The van der Waals surface area contributed by atoms with E-state index < -0.39 is 0 Å². The number of hydrogen-bond donors (Lipinski definition) is 2. The van der Waals surface area contributed by atoms with E-state index in [0.29, 0.717) is 10.2 Å². The SMILES string of the molecule is COc1ccccc1/C=N\Nc1cn[nH]c(=O)c1Br. The number of aromatic amines is 1. The van der Waals surface area contributed by atoms with Gasteiger partial charge in [-0.15, -0.1) is 0 Å². The number of nitrogens with zero attached hydrogens (tertiary/aromatic N) is 2. The zero-order valence-corrected chi connectivity index (χ0v) is 11.6. The molecule has 0 atom stereocenters. The van der Waals surface area contributed by atoms with Crippen molar-refractivity contribution in [2.24, 2.45) is 5.10 Å². The van der Waals surface area contributed by atoms with Crippen molar-refractivity contribution < 1.29 is 4.74 Å². The zero-order chi connectivity index (χ0) is 13.7. The second kappa shape index (κ2) is 6.14. The Morgan fingerprint density at radius 1 is 1.47 bits per heavy atom. The molecule has 0 fully saturated rings. The zero-order valence-electron chi connectivity index (χ0n) is 10.1. The van der Waals surface area contributed by atoms with Gasteiger partial charge in [0.15, 0.2) is 0 Å². The van der Waals surface area contributed by atoms with Crippen LogP contribution in [0.1, 0.15) is 5.56 Å². The van der Waals surface area contributed by atoms with Gasteiger partial charge in [0.25, 0.3) is 5.56 Å². The molecular formula is C12H11BrN4O2. The monoisotopic (exact) mass is 322 g/mol. The molecule has 1 heterocycles. The molecule has 2 rings (SSSR count). The fraction of sp³-hybridized carbons (Fsp3) is 0.0833. The van der Waals surface area contributed by atoms with Gasteiger partial charge in [-0.1, -0.05) is 12.1 Å². The molecule has 0 aliphatic rings. The molecule has 0 unspecified atom stereocenters. The third-order valence-electron chi connectivity index (χ3n) is 2.32. The Balaban J connectivity index is 2.16. The van der Waals surface area contributed by atoms with Gasteiger partial charge in [-0.05, 0) is 28.1 Å². The molecule has 2 aromatic rings. The smallest absolute Gasteiger partial charge is 0.280 e. The third kappa shape index (κ3) is 3.19. The number of methoxy groups -OCH3 is 1. The van der Waals surface area contributed by atoms with Crippen molar-refractivity contribution in [3.63, 3.8) is 0 Å². The maximum atomic E-state index is 11.3. The molecule has 0 radical (unpaired) electrons. The largest absolute Gasteiger partial charge is 0.496 e. The minimum absolute atomic E-state index is 0.322. The Morgan fingerprint density at radius 3 is 3.05 bits per heavy atom. The molecular weight excluding hydrogens is 312 g/mol. The van der Waals surface area contributed by atoms with E-state index in [1.807, 2.05) is 24.3 Å². The number of halogens is 1. The number of nitrogens with one attached hydrogen (secondary N) is 2. The third-order valence-corrected chi connectivity index (χ3v) is 3.11. The van der Waals surface area contributed by atoms with E-state index in [-0.39, 0.29) is 5.56 Å². The van der Waals surface area contributed by atoms with Crippen molar-refractivity contribution in [1.82, 2.24) is 10.2 Å². The Hall–Kier alpha value is -2.15. The molecule has 0 bridgehead atoms. The average molecular weight is 323 g/mol. The number of aromatic nitrogens is 2. The van der Waals surface area contributed by atoms with Crippen molar-refractivity contribution in [1.29, 1.82) is 0 Å². The summed E-state index contributed by atoms with van der Waals surface area (Å²) in [6.45, 7) is 0. The van der Waals surface area contributed by atoms with E-state index in [0.717, 1.165) is 11.3 Å². The molecule has 2 N–H and O–H groups in total. The van der Waals surface area contributed by atoms with E-state index in [2.05, 4.69) is 36.7 Å². The van der Waals surface area contributed by atoms with Crippen molar-refractivity contribution in [3.8, 4) is 5.75 Å². The van der Waals surface area contributed by atoms with Crippen LogP contribution in [0.2, 0.25) is 0 Å². The maximum absolute atomic E-state index is 11.3. The first-order valence-corrected chi connectivity index (χ1v) is 6.17. The number of hydrogen-bond acceptors (Lipinski definition) is 5. The lowest BCUT2D eigenvalue weighted by molar-refractivity contribution is 0.414. The van der Waals surface area contributed by atoms with Gasteiger partial charge in [-0.3, -0.25) is 10.2 Å². The van der Waals surface area contributed by atoms with Crippen LogP contribution in [-0.4, -0.2) is 23.5 Å². The number of para-hydroxylation sites is 1. The fourth-order valence-corrected chi connectivity index (χ4v) is 1.69. The van der Waals surface area contributed by atoms with E-state index >= 15 is 0 Å². The standard InChI is InChI=1S/C12H11BrN4O2/c1-19-10-5-3-2-4-8(10)6-14-16-9-7-15-17-12(18)11(9)13/h2-7H,1H3,(H2,16,17,18)/b14-6-. The number of hydrazone groups is 1. The van der Waals surface area contributed by atoms with Gasteiger partial charge in [0, 0.05) is 5.56 Å². The summed E-state index contributed by atoms with van der Waals surface area (Å²) in [5.41, 5.74) is 3.72. The number of benzene rings is 1. The summed E-state index contributed by atoms with van der Waals surface area (Å²) in [4.78, 5) is 11.3. The van der Waals surface area contributed by atoms with Crippen molar-refractivity contribution >= 4 is 27.8 Å². The lowest BCUT2D eigenvalue weighted by Gasteiger charge is -2.04.